The standard InChI is InChI=1S/C9H7NO4/c1-2-3-6(9(13)14)10-7(11)4-5-8(10)12/h1,4-6H,3H2,(H,13,14)/t6-/m1/s1. The molecule has 1 aliphatic rings. The second-order valence-electron chi connectivity index (χ2n) is 2.64. The minimum Gasteiger partial charge on any atom is -0.480 e. The van der Waals surface area contributed by atoms with Gasteiger partial charge in [-0.3, -0.25) is 14.5 Å². The van der Waals surface area contributed by atoms with Crippen molar-refractivity contribution in [3.05, 3.63) is 12.2 Å². The van der Waals surface area contributed by atoms with E-state index in [4.69, 9.17) is 11.5 Å². The van der Waals surface area contributed by atoms with Gasteiger partial charge >= 0.3 is 5.97 Å². The van der Waals surface area contributed by atoms with Crippen LogP contribution in [-0.2, 0) is 14.4 Å². The molecule has 0 fully saturated rings. The van der Waals surface area contributed by atoms with Crippen LogP contribution in [0.1, 0.15) is 6.42 Å². The predicted molar refractivity (Wildman–Crippen MR) is 45.9 cm³/mol. The molecule has 14 heavy (non-hydrogen) atoms. The van der Waals surface area contributed by atoms with Crippen LogP contribution in [0.5, 0.6) is 0 Å². The number of amides is 2. The van der Waals surface area contributed by atoms with Gasteiger partial charge in [0, 0.05) is 18.6 Å². The van der Waals surface area contributed by atoms with E-state index in [1.165, 1.54) is 0 Å². The van der Waals surface area contributed by atoms with Gasteiger partial charge in [0.25, 0.3) is 11.8 Å². The summed E-state index contributed by atoms with van der Waals surface area (Å²) in [7, 11) is 0. The lowest BCUT2D eigenvalue weighted by Crippen LogP contribution is -2.44. The maximum absolute atomic E-state index is 11.1. The first-order valence-electron chi connectivity index (χ1n) is 3.79. The molecule has 1 aliphatic heterocycles. The number of nitrogens with zero attached hydrogens (tertiary/aromatic N) is 1. The molecular weight excluding hydrogens is 186 g/mol. The number of hydrogen-bond donors (Lipinski definition) is 1. The van der Waals surface area contributed by atoms with E-state index in [1.54, 1.807) is 0 Å². The third-order valence-electron chi connectivity index (χ3n) is 1.75. The predicted octanol–water partition coefficient (Wildman–Crippen LogP) is -0.612. The van der Waals surface area contributed by atoms with Gasteiger partial charge in [-0.2, -0.15) is 0 Å². The Labute approximate surface area is 80.0 Å². The molecule has 0 aliphatic carbocycles. The van der Waals surface area contributed by atoms with Crippen molar-refractivity contribution in [1.82, 2.24) is 4.90 Å². The Morgan fingerprint density at radius 1 is 1.50 bits per heavy atom. The van der Waals surface area contributed by atoms with Gasteiger partial charge < -0.3 is 5.11 Å². The number of terminal acetylenes is 1. The van der Waals surface area contributed by atoms with Crippen LogP contribution in [0.15, 0.2) is 12.2 Å². The molecule has 0 aromatic heterocycles. The molecule has 0 aromatic carbocycles. The zero-order chi connectivity index (χ0) is 10.7. The Morgan fingerprint density at radius 2 is 2.00 bits per heavy atom. The molecule has 0 unspecified atom stereocenters. The summed E-state index contributed by atoms with van der Waals surface area (Å²) < 4.78 is 0. The number of rotatable bonds is 3. The second-order valence-corrected chi connectivity index (χ2v) is 2.64. The summed E-state index contributed by atoms with van der Waals surface area (Å²) in [5.74, 6) is -0.454. The average molecular weight is 193 g/mol. The summed E-state index contributed by atoms with van der Waals surface area (Å²) >= 11 is 0. The largest absolute Gasteiger partial charge is 0.480 e. The molecule has 0 radical (unpaired) electrons. The van der Waals surface area contributed by atoms with Gasteiger partial charge in [-0.25, -0.2) is 4.79 Å². The molecule has 0 spiro atoms. The molecule has 5 heteroatoms. The zero-order valence-electron chi connectivity index (χ0n) is 7.14. The molecule has 1 heterocycles. The van der Waals surface area contributed by atoms with Crippen molar-refractivity contribution in [2.45, 2.75) is 12.5 Å². The van der Waals surface area contributed by atoms with Gasteiger partial charge in [-0.05, 0) is 0 Å². The first kappa shape index (κ1) is 9.99. The molecule has 2 amide bonds. The summed E-state index contributed by atoms with van der Waals surface area (Å²) in [6.45, 7) is 0. The Kier molecular flexibility index (Phi) is 2.67. The van der Waals surface area contributed by atoms with E-state index >= 15 is 0 Å². The van der Waals surface area contributed by atoms with Gasteiger partial charge in [-0.15, -0.1) is 12.3 Å². The van der Waals surface area contributed by atoms with E-state index < -0.39 is 23.8 Å². The van der Waals surface area contributed by atoms with Gasteiger partial charge in [0.2, 0.25) is 0 Å². The summed E-state index contributed by atoms with van der Waals surface area (Å²) in [6, 6.07) is -1.27. The number of aliphatic carboxylic acids is 1. The van der Waals surface area contributed by atoms with Crippen molar-refractivity contribution in [3.63, 3.8) is 0 Å². The van der Waals surface area contributed by atoms with Gasteiger partial charge in [0.15, 0.2) is 0 Å². The third kappa shape index (κ3) is 1.64. The molecule has 1 atom stereocenters. The van der Waals surface area contributed by atoms with Crippen LogP contribution in [-0.4, -0.2) is 33.8 Å². The van der Waals surface area contributed by atoms with Gasteiger partial charge in [0.05, 0.1) is 0 Å². The van der Waals surface area contributed by atoms with Crippen molar-refractivity contribution in [3.8, 4) is 12.3 Å². The minimum absolute atomic E-state index is 0.186. The molecule has 1 rings (SSSR count). The quantitative estimate of drug-likeness (QED) is 0.479. The molecule has 0 bridgehead atoms. The van der Waals surface area contributed by atoms with E-state index in [0.717, 1.165) is 12.2 Å². The van der Waals surface area contributed by atoms with Crippen LogP contribution in [0.2, 0.25) is 0 Å². The maximum Gasteiger partial charge on any atom is 0.327 e. The molecule has 5 nitrogen and oxygen atoms in total. The summed E-state index contributed by atoms with van der Waals surface area (Å²) in [4.78, 5) is 33.5. The number of carbonyl (C=O) groups is 3. The number of imide groups is 1. The summed E-state index contributed by atoms with van der Waals surface area (Å²) in [5, 5.41) is 8.73. The van der Waals surface area contributed by atoms with Crippen LogP contribution in [0, 0.1) is 12.3 Å². The zero-order valence-corrected chi connectivity index (χ0v) is 7.14. The first-order valence-corrected chi connectivity index (χ1v) is 3.79. The van der Waals surface area contributed by atoms with Gasteiger partial charge in [-0.1, -0.05) is 0 Å². The smallest absolute Gasteiger partial charge is 0.327 e. The van der Waals surface area contributed by atoms with E-state index in [2.05, 4.69) is 5.92 Å². The molecule has 72 valence electrons. The van der Waals surface area contributed by atoms with Crippen LogP contribution in [0.4, 0.5) is 0 Å². The molecule has 0 saturated carbocycles. The molecule has 1 N–H and O–H groups in total. The number of carbonyl (C=O) groups excluding carboxylic acids is 2. The Morgan fingerprint density at radius 3 is 2.36 bits per heavy atom. The van der Waals surface area contributed by atoms with Crippen molar-refractivity contribution in [2.24, 2.45) is 0 Å². The van der Waals surface area contributed by atoms with Crippen molar-refractivity contribution < 1.29 is 19.5 Å². The fourth-order valence-corrected chi connectivity index (χ4v) is 1.12. The third-order valence-corrected chi connectivity index (χ3v) is 1.75. The molecule has 0 saturated heterocycles. The van der Waals surface area contributed by atoms with Crippen molar-refractivity contribution in [1.29, 1.82) is 0 Å². The minimum atomic E-state index is -1.28. The van der Waals surface area contributed by atoms with E-state index in [-0.39, 0.29) is 6.42 Å². The fraction of sp³-hybridized carbons (Fsp3) is 0.222. The van der Waals surface area contributed by atoms with Crippen LogP contribution in [0.25, 0.3) is 0 Å². The fourth-order valence-electron chi connectivity index (χ4n) is 1.12. The van der Waals surface area contributed by atoms with Crippen LogP contribution < -0.4 is 0 Å². The lowest BCUT2D eigenvalue weighted by atomic mass is 10.2. The SMILES string of the molecule is C#CC[C@H](C(=O)O)N1C(=O)C=CC1=O. The van der Waals surface area contributed by atoms with Crippen molar-refractivity contribution >= 4 is 17.8 Å². The highest BCUT2D eigenvalue weighted by Gasteiger charge is 2.35. The number of hydrogen-bond acceptors (Lipinski definition) is 3. The van der Waals surface area contributed by atoms with Gasteiger partial charge in [0.1, 0.15) is 6.04 Å². The topological polar surface area (TPSA) is 74.7 Å². The summed E-state index contributed by atoms with van der Waals surface area (Å²) in [5.41, 5.74) is 0. The average Bonchev–Trinajstić information content (AvgIpc) is 2.43. The van der Waals surface area contributed by atoms with Crippen LogP contribution in [0.3, 0.4) is 0 Å². The second kappa shape index (κ2) is 3.75. The lowest BCUT2D eigenvalue weighted by Gasteiger charge is -2.20. The van der Waals surface area contributed by atoms with E-state index in [9.17, 15) is 14.4 Å². The van der Waals surface area contributed by atoms with E-state index in [1.807, 2.05) is 0 Å². The number of carboxylic acids is 1. The Bertz CT molecular complexity index is 345. The lowest BCUT2D eigenvalue weighted by molar-refractivity contribution is -0.153. The maximum atomic E-state index is 11.1. The van der Waals surface area contributed by atoms with Crippen molar-refractivity contribution in [2.75, 3.05) is 0 Å². The number of carboxylic acid groups (broad SMARTS) is 1. The first-order chi connectivity index (χ1) is 6.57. The molecule has 0 aromatic rings. The van der Waals surface area contributed by atoms with E-state index in [0.29, 0.717) is 4.90 Å². The highest BCUT2D eigenvalue weighted by molar-refractivity contribution is 6.14. The summed E-state index contributed by atoms with van der Waals surface area (Å²) in [6.07, 6.45) is 6.80. The highest BCUT2D eigenvalue weighted by Crippen LogP contribution is 2.11. The molecular formula is C9H7NO4. The highest BCUT2D eigenvalue weighted by atomic mass is 16.4. The Balaban J connectivity index is 2.90. The monoisotopic (exact) mass is 193 g/mol. The Hall–Kier alpha value is -2.09. The van der Waals surface area contributed by atoms with Crippen LogP contribution >= 0.6 is 0 Å². The normalized spacial score (nSPS) is 16.9.